The Labute approximate surface area is 92.1 Å². The lowest BCUT2D eigenvalue weighted by molar-refractivity contribution is 0.103. The highest BCUT2D eigenvalue weighted by molar-refractivity contribution is 6.35. The minimum atomic E-state index is -0.113. The fraction of sp³-hybridized carbons (Fsp3) is 0.0909. The first-order chi connectivity index (χ1) is 7.18. The molecule has 4 heteroatoms. The molecule has 0 radical (unpaired) electrons. The molecule has 1 aromatic heterocycles. The minimum absolute atomic E-state index is 0.113. The number of H-pyrrole nitrogens is 1. The highest BCUT2D eigenvalue weighted by Gasteiger charge is 2.13. The predicted molar refractivity (Wildman–Crippen MR) is 58.2 cm³/mol. The Kier molecular flexibility index (Phi) is 2.56. The van der Waals surface area contributed by atoms with E-state index in [0.29, 0.717) is 16.1 Å². The zero-order valence-corrected chi connectivity index (χ0v) is 8.88. The molecule has 1 aromatic carbocycles. The van der Waals surface area contributed by atoms with Crippen LogP contribution in [0.3, 0.4) is 0 Å². The minimum Gasteiger partial charge on any atom is -0.288 e. The number of rotatable bonds is 2. The fourth-order valence-corrected chi connectivity index (χ4v) is 1.55. The van der Waals surface area contributed by atoms with Gasteiger partial charge in [-0.2, -0.15) is 5.10 Å². The van der Waals surface area contributed by atoms with Crippen molar-refractivity contribution in [3.63, 3.8) is 0 Å². The quantitative estimate of drug-likeness (QED) is 0.791. The first-order valence-corrected chi connectivity index (χ1v) is 4.86. The van der Waals surface area contributed by atoms with E-state index >= 15 is 0 Å². The Balaban J connectivity index is 2.46. The number of ketones is 1. The molecule has 0 aliphatic rings. The lowest BCUT2D eigenvalue weighted by atomic mass is 10.0. The molecule has 15 heavy (non-hydrogen) atoms. The number of hydrogen-bond donors (Lipinski definition) is 1. The van der Waals surface area contributed by atoms with E-state index in [0.717, 1.165) is 5.56 Å². The van der Waals surface area contributed by atoms with Crippen LogP contribution in [0.1, 0.15) is 21.5 Å². The van der Waals surface area contributed by atoms with Crippen molar-refractivity contribution >= 4 is 17.4 Å². The average molecular weight is 221 g/mol. The molecular weight excluding hydrogens is 212 g/mol. The van der Waals surface area contributed by atoms with Crippen molar-refractivity contribution in [2.75, 3.05) is 0 Å². The van der Waals surface area contributed by atoms with Crippen molar-refractivity contribution < 1.29 is 4.79 Å². The average Bonchev–Trinajstić information content (AvgIpc) is 2.74. The van der Waals surface area contributed by atoms with Gasteiger partial charge in [-0.05, 0) is 19.1 Å². The summed E-state index contributed by atoms with van der Waals surface area (Å²) in [5, 5.41) is 6.80. The maximum absolute atomic E-state index is 11.9. The van der Waals surface area contributed by atoms with Crippen LogP contribution in [0.2, 0.25) is 5.02 Å². The number of benzene rings is 1. The van der Waals surface area contributed by atoms with Crippen molar-refractivity contribution in [3.05, 3.63) is 52.3 Å². The second kappa shape index (κ2) is 3.87. The molecule has 0 saturated heterocycles. The summed E-state index contributed by atoms with van der Waals surface area (Å²) < 4.78 is 0. The molecule has 2 aromatic rings. The van der Waals surface area contributed by atoms with Crippen LogP contribution in [0.5, 0.6) is 0 Å². The third-order valence-corrected chi connectivity index (χ3v) is 2.46. The summed E-state index contributed by atoms with van der Waals surface area (Å²) in [5.74, 6) is -0.113. The normalized spacial score (nSPS) is 10.3. The van der Waals surface area contributed by atoms with Gasteiger partial charge in [0.2, 0.25) is 0 Å². The van der Waals surface area contributed by atoms with Crippen LogP contribution in [0.15, 0.2) is 30.6 Å². The topological polar surface area (TPSA) is 45.8 Å². The zero-order chi connectivity index (χ0) is 10.8. The van der Waals surface area contributed by atoms with E-state index in [1.54, 1.807) is 18.3 Å². The predicted octanol–water partition coefficient (Wildman–Crippen LogP) is 2.60. The number of aromatic amines is 1. The third kappa shape index (κ3) is 1.92. The van der Waals surface area contributed by atoms with E-state index < -0.39 is 0 Å². The van der Waals surface area contributed by atoms with Gasteiger partial charge in [0.1, 0.15) is 0 Å². The van der Waals surface area contributed by atoms with Crippen molar-refractivity contribution in [1.82, 2.24) is 10.2 Å². The molecule has 0 bridgehead atoms. The third-order valence-electron chi connectivity index (χ3n) is 2.13. The number of halogens is 1. The first-order valence-electron chi connectivity index (χ1n) is 4.48. The van der Waals surface area contributed by atoms with Crippen molar-refractivity contribution in [1.29, 1.82) is 0 Å². The van der Waals surface area contributed by atoms with E-state index in [2.05, 4.69) is 10.2 Å². The van der Waals surface area contributed by atoms with Crippen LogP contribution in [0, 0.1) is 6.92 Å². The highest BCUT2D eigenvalue weighted by Crippen LogP contribution is 2.20. The van der Waals surface area contributed by atoms with Crippen LogP contribution in [-0.4, -0.2) is 16.0 Å². The van der Waals surface area contributed by atoms with Crippen LogP contribution in [-0.2, 0) is 0 Å². The summed E-state index contributed by atoms with van der Waals surface area (Å²) in [6, 6.07) is 5.37. The van der Waals surface area contributed by atoms with Gasteiger partial charge in [0.25, 0.3) is 0 Å². The largest absolute Gasteiger partial charge is 0.288 e. The SMILES string of the molecule is Cc1ccc(Cl)c(C(=O)c2cn[nH]c2)c1. The van der Waals surface area contributed by atoms with Crippen LogP contribution >= 0.6 is 11.6 Å². The smallest absolute Gasteiger partial charge is 0.197 e. The molecule has 0 saturated carbocycles. The molecule has 1 N–H and O–H groups in total. The number of carbonyl (C=O) groups excluding carboxylic acids is 1. The standard InChI is InChI=1S/C11H9ClN2O/c1-7-2-3-10(12)9(4-7)11(15)8-5-13-14-6-8/h2-6H,1H3,(H,13,14). The van der Waals surface area contributed by atoms with Crippen LogP contribution in [0.25, 0.3) is 0 Å². The molecule has 0 fully saturated rings. The maximum Gasteiger partial charge on any atom is 0.197 e. The number of nitrogens with one attached hydrogen (secondary N) is 1. The second-order valence-electron chi connectivity index (χ2n) is 3.30. The summed E-state index contributed by atoms with van der Waals surface area (Å²) in [7, 11) is 0. The monoisotopic (exact) mass is 220 g/mol. The lowest BCUT2D eigenvalue weighted by Crippen LogP contribution is -2.01. The number of aromatic nitrogens is 2. The van der Waals surface area contributed by atoms with Gasteiger partial charge in [0.05, 0.1) is 16.8 Å². The summed E-state index contributed by atoms with van der Waals surface area (Å²) in [4.78, 5) is 11.9. The molecule has 0 unspecified atom stereocenters. The molecule has 3 nitrogen and oxygen atoms in total. The van der Waals surface area contributed by atoms with E-state index in [9.17, 15) is 4.79 Å². The molecule has 76 valence electrons. The van der Waals surface area contributed by atoms with Crippen molar-refractivity contribution in [2.45, 2.75) is 6.92 Å². The number of nitrogens with zero attached hydrogens (tertiary/aromatic N) is 1. The van der Waals surface area contributed by atoms with Gasteiger partial charge >= 0.3 is 0 Å². The Morgan fingerprint density at radius 3 is 2.93 bits per heavy atom. The summed E-state index contributed by atoms with van der Waals surface area (Å²) in [6.07, 6.45) is 3.04. The lowest BCUT2D eigenvalue weighted by Gasteiger charge is -2.02. The van der Waals surface area contributed by atoms with E-state index in [1.807, 2.05) is 13.0 Å². The summed E-state index contributed by atoms with van der Waals surface area (Å²) >= 11 is 5.96. The van der Waals surface area contributed by atoms with Gasteiger partial charge in [-0.15, -0.1) is 0 Å². The van der Waals surface area contributed by atoms with Gasteiger partial charge in [0.15, 0.2) is 5.78 Å². The molecular formula is C11H9ClN2O. The summed E-state index contributed by atoms with van der Waals surface area (Å²) in [6.45, 7) is 1.92. The molecule has 0 aliphatic carbocycles. The number of carbonyl (C=O) groups is 1. The zero-order valence-electron chi connectivity index (χ0n) is 8.12. The Morgan fingerprint density at radius 2 is 2.27 bits per heavy atom. The Morgan fingerprint density at radius 1 is 1.47 bits per heavy atom. The molecule has 0 aliphatic heterocycles. The highest BCUT2D eigenvalue weighted by atomic mass is 35.5. The summed E-state index contributed by atoms with van der Waals surface area (Å²) in [5.41, 5.74) is 2.03. The van der Waals surface area contributed by atoms with E-state index in [1.165, 1.54) is 6.20 Å². The van der Waals surface area contributed by atoms with Gasteiger partial charge in [-0.3, -0.25) is 9.89 Å². The van der Waals surface area contributed by atoms with Gasteiger partial charge < -0.3 is 0 Å². The van der Waals surface area contributed by atoms with Crippen LogP contribution in [0.4, 0.5) is 0 Å². The number of aryl methyl sites for hydroxylation is 1. The number of hydrogen-bond acceptors (Lipinski definition) is 2. The molecule has 0 spiro atoms. The Bertz CT molecular complexity index is 491. The first kappa shape index (κ1) is 9.93. The fourth-order valence-electron chi connectivity index (χ4n) is 1.34. The molecule has 0 atom stereocenters. The maximum atomic E-state index is 11.9. The van der Waals surface area contributed by atoms with Crippen molar-refractivity contribution in [2.24, 2.45) is 0 Å². The van der Waals surface area contributed by atoms with E-state index in [-0.39, 0.29) is 5.78 Å². The Hall–Kier alpha value is -1.61. The van der Waals surface area contributed by atoms with Crippen molar-refractivity contribution in [3.8, 4) is 0 Å². The van der Waals surface area contributed by atoms with Gasteiger partial charge in [0, 0.05) is 11.8 Å². The molecule has 1 heterocycles. The van der Waals surface area contributed by atoms with E-state index in [4.69, 9.17) is 11.6 Å². The van der Waals surface area contributed by atoms with Crippen LogP contribution < -0.4 is 0 Å². The molecule has 0 amide bonds. The second-order valence-corrected chi connectivity index (χ2v) is 3.71. The van der Waals surface area contributed by atoms with Gasteiger partial charge in [-0.25, -0.2) is 0 Å². The molecule has 2 rings (SSSR count). The van der Waals surface area contributed by atoms with Gasteiger partial charge in [-0.1, -0.05) is 23.2 Å².